The van der Waals surface area contributed by atoms with Gasteiger partial charge < -0.3 is 5.73 Å². The van der Waals surface area contributed by atoms with Gasteiger partial charge in [0.25, 0.3) is 0 Å². The van der Waals surface area contributed by atoms with E-state index in [0.717, 1.165) is 24.8 Å². The van der Waals surface area contributed by atoms with Gasteiger partial charge in [-0.1, -0.05) is 0 Å². The minimum atomic E-state index is -0.280. The van der Waals surface area contributed by atoms with Gasteiger partial charge in [-0.2, -0.15) is 0 Å². The lowest BCUT2D eigenvalue weighted by Crippen LogP contribution is -2.23. The fourth-order valence-electron chi connectivity index (χ4n) is 1.65. The first-order chi connectivity index (χ1) is 5.29. The van der Waals surface area contributed by atoms with Gasteiger partial charge in [0.05, 0.1) is 0 Å². The van der Waals surface area contributed by atoms with Gasteiger partial charge in [0.2, 0.25) is 0 Å². The average Bonchev–Trinajstić information content (AvgIpc) is 2.30. The number of hydrogen-bond acceptors (Lipinski definition) is 3. The van der Waals surface area contributed by atoms with Crippen LogP contribution in [0.25, 0.3) is 0 Å². The van der Waals surface area contributed by atoms with Crippen LogP contribution in [0.15, 0.2) is 10.5 Å². The summed E-state index contributed by atoms with van der Waals surface area (Å²) in [6, 6.07) is 0. The van der Waals surface area contributed by atoms with Crippen molar-refractivity contribution >= 4 is 17.5 Å². The van der Waals surface area contributed by atoms with Gasteiger partial charge in [-0.05, 0) is 30.6 Å². The van der Waals surface area contributed by atoms with Crippen molar-refractivity contribution in [1.29, 1.82) is 0 Å². The molecule has 0 spiro atoms. The van der Waals surface area contributed by atoms with Gasteiger partial charge in [0.15, 0.2) is 5.78 Å². The van der Waals surface area contributed by atoms with Crippen LogP contribution in [-0.2, 0) is 4.79 Å². The first kappa shape index (κ1) is 7.37. The lowest BCUT2D eigenvalue weighted by atomic mass is 9.96. The van der Waals surface area contributed by atoms with Crippen molar-refractivity contribution in [3.63, 3.8) is 0 Å². The first-order valence-electron chi connectivity index (χ1n) is 3.97. The van der Waals surface area contributed by atoms with E-state index < -0.39 is 0 Å². The lowest BCUT2D eigenvalue weighted by molar-refractivity contribution is -0.115. The first-order valence-corrected chi connectivity index (χ1v) is 4.85. The van der Waals surface area contributed by atoms with Crippen LogP contribution in [0, 0.1) is 0 Å². The van der Waals surface area contributed by atoms with Crippen molar-refractivity contribution in [3.8, 4) is 0 Å². The quantitative estimate of drug-likeness (QED) is 0.596. The minimum absolute atomic E-state index is 0.185. The van der Waals surface area contributed by atoms with Crippen LogP contribution in [-0.4, -0.2) is 11.2 Å². The molecule has 2 N–H and O–H groups in total. The smallest absolute Gasteiger partial charge is 0.186 e. The Morgan fingerprint density at radius 1 is 1.36 bits per heavy atom. The number of carbonyl (C=O) groups excluding carboxylic acids is 1. The number of thioether (sulfide) groups is 1. The Balaban J connectivity index is 2.27. The van der Waals surface area contributed by atoms with Crippen LogP contribution in [0.5, 0.6) is 0 Å². The van der Waals surface area contributed by atoms with Crippen LogP contribution in [0.1, 0.15) is 25.7 Å². The third-order valence-electron chi connectivity index (χ3n) is 2.24. The number of allylic oxidation sites excluding steroid dienone is 1. The van der Waals surface area contributed by atoms with Crippen LogP contribution < -0.4 is 5.73 Å². The van der Waals surface area contributed by atoms with E-state index in [2.05, 4.69) is 0 Å². The summed E-state index contributed by atoms with van der Waals surface area (Å²) < 4.78 is 0. The SMILES string of the molecule is NC1SC2=C(CCCC2)C1=O. The Morgan fingerprint density at radius 3 is 2.82 bits per heavy atom. The molecule has 1 unspecified atom stereocenters. The van der Waals surface area contributed by atoms with Crippen LogP contribution in [0.4, 0.5) is 0 Å². The van der Waals surface area contributed by atoms with Gasteiger partial charge in [-0.25, -0.2) is 0 Å². The van der Waals surface area contributed by atoms with E-state index in [1.807, 2.05) is 0 Å². The highest BCUT2D eigenvalue weighted by Gasteiger charge is 2.31. The highest BCUT2D eigenvalue weighted by atomic mass is 32.2. The third-order valence-corrected chi connectivity index (χ3v) is 3.45. The standard InChI is InChI=1S/C8H11NOS/c9-8-7(10)5-3-1-2-4-6(5)11-8/h8H,1-4,9H2. The van der Waals surface area contributed by atoms with E-state index in [-0.39, 0.29) is 11.2 Å². The van der Waals surface area contributed by atoms with Crippen LogP contribution in [0.3, 0.4) is 0 Å². The maximum atomic E-state index is 11.3. The molecule has 0 aromatic rings. The Bertz CT molecular complexity index is 234. The lowest BCUT2D eigenvalue weighted by Gasteiger charge is -2.10. The summed E-state index contributed by atoms with van der Waals surface area (Å²) in [4.78, 5) is 12.6. The number of carbonyl (C=O) groups is 1. The molecule has 1 heterocycles. The maximum Gasteiger partial charge on any atom is 0.186 e. The fourth-order valence-corrected chi connectivity index (χ4v) is 2.81. The Hall–Kier alpha value is -0.280. The number of ketones is 1. The molecule has 2 rings (SSSR count). The zero-order valence-corrected chi connectivity index (χ0v) is 7.12. The number of Topliss-reactive ketones (excluding diaryl/α,β-unsaturated/α-hetero) is 1. The zero-order chi connectivity index (χ0) is 7.84. The minimum Gasteiger partial charge on any atom is -0.313 e. The molecule has 0 saturated carbocycles. The van der Waals surface area contributed by atoms with Crippen molar-refractivity contribution in [2.75, 3.05) is 0 Å². The van der Waals surface area contributed by atoms with Gasteiger partial charge in [-0.3, -0.25) is 4.79 Å². The molecular weight excluding hydrogens is 158 g/mol. The number of rotatable bonds is 0. The summed E-state index contributed by atoms with van der Waals surface area (Å²) in [5.41, 5.74) is 6.65. The largest absolute Gasteiger partial charge is 0.313 e. The molecule has 3 heteroatoms. The summed E-state index contributed by atoms with van der Waals surface area (Å²) in [5.74, 6) is 0.185. The Labute approximate surface area is 70.2 Å². The average molecular weight is 169 g/mol. The van der Waals surface area contributed by atoms with E-state index in [1.54, 1.807) is 11.8 Å². The molecule has 0 bridgehead atoms. The normalized spacial score (nSPS) is 31.0. The molecule has 1 aliphatic carbocycles. The van der Waals surface area contributed by atoms with E-state index in [0.29, 0.717) is 0 Å². The molecule has 2 nitrogen and oxygen atoms in total. The topological polar surface area (TPSA) is 43.1 Å². The Kier molecular flexibility index (Phi) is 1.77. The van der Waals surface area contributed by atoms with Crippen molar-refractivity contribution in [2.24, 2.45) is 5.73 Å². The van der Waals surface area contributed by atoms with Crippen LogP contribution >= 0.6 is 11.8 Å². The molecule has 11 heavy (non-hydrogen) atoms. The number of hydrogen-bond donors (Lipinski definition) is 1. The summed E-state index contributed by atoms with van der Waals surface area (Å²) in [5, 5.41) is -0.280. The van der Waals surface area contributed by atoms with E-state index >= 15 is 0 Å². The van der Waals surface area contributed by atoms with Crippen LogP contribution in [0.2, 0.25) is 0 Å². The molecule has 1 atom stereocenters. The maximum absolute atomic E-state index is 11.3. The molecule has 2 aliphatic rings. The van der Waals surface area contributed by atoms with Gasteiger partial charge in [-0.15, -0.1) is 11.8 Å². The molecule has 1 aliphatic heterocycles. The number of nitrogens with two attached hydrogens (primary N) is 1. The second-order valence-electron chi connectivity index (χ2n) is 3.01. The summed E-state index contributed by atoms with van der Waals surface area (Å²) in [6.07, 6.45) is 4.44. The van der Waals surface area contributed by atoms with Crippen molar-refractivity contribution in [3.05, 3.63) is 10.5 Å². The predicted molar refractivity (Wildman–Crippen MR) is 46.1 cm³/mol. The van der Waals surface area contributed by atoms with Crippen molar-refractivity contribution in [1.82, 2.24) is 0 Å². The predicted octanol–water partition coefficient (Wildman–Crippen LogP) is 1.42. The molecule has 0 radical (unpaired) electrons. The monoisotopic (exact) mass is 169 g/mol. The second kappa shape index (κ2) is 2.64. The molecule has 60 valence electrons. The second-order valence-corrected chi connectivity index (χ2v) is 4.25. The van der Waals surface area contributed by atoms with Gasteiger partial charge >= 0.3 is 0 Å². The fraction of sp³-hybridized carbons (Fsp3) is 0.625. The molecule has 0 aromatic heterocycles. The molecule has 0 aromatic carbocycles. The third kappa shape index (κ3) is 1.12. The highest BCUT2D eigenvalue weighted by molar-refractivity contribution is 8.04. The highest BCUT2D eigenvalue weighted by Crippen LogP contribution is 2.41. The van der Waals surface area contributed by atoms with Crippen molar-refractivity contribution < 1.29 is 4.79 Å². The summed E-state index contributed by atoms with van der Waals surface area (Å²) in [6.45, 7) is 0. The molecule has 0 saturated heterocycles. The molecule has 0 amide bonds. The van der Waals surface area contributed by atoms with E-state index in [4.69, 9.17) is 5.73 Å². The van der Waals surface area contributed by atoms with Gasteiger partial charge in [0.1, 0.15) is 5.37 Å². The Morgan fingerprint density at radius 2 is 2.09 bits per heavy atom. The van der Waals surface area contributed by atoms with Crippen molar-refractivity contribution in [2.45, 2.75) is 31.1 Å². The summed E-state index contributed by atoms with van der Waals surface area (Å²) >= 11 is 1.57. The summed E-state index contributed by atoms with van der Waals surface area (Å²) in [7, 11) is 0. The van der Waals surface area contributed by atoms with E-state index in [9.17, 15) is 4.79 Å². The molecular formula is C8H11NOS. The zero-order valence-electron chi connectivity index (χ0n) is 6.30. The van der Waals surface area contributed by atoms with Gasteiger partial charge in [0, 0.05) is 5.57 Å². The molecule has 0 fully saturated rings. The van der Waals surface area contributed by atoms with E-state index in [1.165, 1.54) is 11.3 Å².